The summed E-state index contributed by atoms with van der Waals surface area (Å²) >= 11 is 0. The number of imidazole rings is 1. The summed E-state index contributed by atoms with van der Waals surface area (Å²) in [7, 11) is 0. The minimum atomic E-state index is -0.940. The summed E-state index contributed by atoms with van der Waals surface area (Å²) in [4.78, 5) is 30.6. The maximum atomic E-state index is 14.9. The van der Waals surface area contributed by atoms with Crippen LogP contribution < -0.4 is 10.6 Å². The van der Waals surface area contributed by atoms with Gasteiger partial charge in [-0.15, -0.1) is 0 Å². The number of hydrogen-bond acceptors (Lipinski definition) is 7. The first-order valence-electron chi connectivity index (χ1n) is 12.4. The van der Waals surface area contributed by atoms with Crippen LogP contribution in [0.15, 0.2) is 30.5 Å². The number of benzene rings is 1. The summed E-state index contributed by atoms with van der Waals surface area (Å²) in [6.07, 6.45) is 1.72. The molecule has 0 unspecified atom stereocenters. The predicted molar refractivity (Wildman–Crippen MR) is 137 cm³/mol. The van der Waals surface area contributed by atoms with Gasteiger partial charge in [-0.05, 0) is 58.0 Å². The van der Waals surface area contributed by atoms with Crippen LogP contribution in [0.25, 0.3) is 22.3 Å². The van der Waals surface area contributed by atoms with E-state index >= 15 is 0 Å². The second kappa shape index (κ2) is 10.4. The third-order valence-electron chi connectivity index (χ3n) is 6.41. The van der Waals surface area contributed by atoms with Crippen molar-refractivity contribution in [2.45, 2.75) is 33.2 Å². The second-order valence-corrected chi connectivity index (χ2v) is 9.39. The lowest BCUT2D eigenvalue weighted by molar-refractivity contribution is 0.0760. The molecule has 0 saturated carbocycles. The molecule has 0 atom stereocenters. The van der Waals surface area contributed by atoms with Crippen molar-refractivity contribution in [2.75, 3.05) is 31.5 Å². The average Bonchev–Trinajstić information content (AvgIpc) is 3.03. The zero-order valence-corrected chi connectivity index (χ0v) is 21.2. The molecule has 2 N–H and O–H groups in total. The molecule has 38 heavy (non-hydrogen) atoms. The monoisotopic (exact) mass is 524 g/mol. The highest BCUT2D eigenvalue weighted by Gasteiger charge is 2.22. The highest BCUT2D eigenvalue weighted by atomic mass is 19.1. The number of nitrogens with zero attached hydrogens (tertiary/aromatic N) is 6. The molecule has 1 aromatic carbocycles. The van der Waals surface area contributed by atoms with Crippen LogP contribution >= 0.6 is 0 Å². The Labute approximate surface area is 217 Å². The first kappa shape index (κ1) is 25.6. The Morgan fingerprint density at radius 2 is 1.87 bits per heavy atom. The van der Waals surface area contributed by atoms with E-state index in [2.05, 4.69) is 30.6 Å². The van der Waals surface area contributed by atoms with Crippen molar-refractivity contribution in [3.8, 4) is 11.3 Å². The number of hydrogen-bond donors (Lipinski definition) is 2. The van der Waals surface area contributed by atoms with Crippen molar-refractivity contribution < 1.29 is 18.0 Å². The van der Waals surface area contributed by atoms with Crippen molar-refractivity contribution in [2.24, 2.45) is 0 Å². The number of carbonyl (C=O) groups is 1. The summed E-state index contributed by atoms with van der Waals surface area (Å²) in [6.45, 7) is 8.12. The van der Waals surface area contributed by atoms with Gasteiger partial charge in [-0.2, -0.15) is 4.39 Å². The third-order valence-corrected chi connectivity index (χ3v) is 6.41. The van der Waals surface area contributed by atoms with E-state index in [9.17, 15) is 18.0 Å². The first-order chi connectivity index (χ1) is 18.2. The van der Waals surface area contributed by atoms with Crippen LogP contribution in [0.1, 0.15) is 42.5 Å². The summed E-state index contributed by atoms with van der Waals surface area (Å²) < 4.78 is 46.4. The average molecular weight is 525 g/mol. The lowest BCUT2D eigenvalue weighted by Crippen LogP contribution is -2.34. The van der Waals surface area contributed by atoms with Crippen molar-refractivity contribution in [3.05, 3.63) is 59.4 Å². The number of anilines is 2. The fraction of sp³-hybridized carbons (Fsp3) is 0.346. The van der Waals surface area contributed by atoms with E-state index < -0.39 is 23.5 Å². The van der Waals surface area contributed by atoms with E-state index in [0.29, 0.717) is 31.0 Å². The molecule has 1 amide bonds. The van der Waals surface area contributed by atoms with Crippen LogP contribution in [0, 0.1) is 24.5 Å². The van der Waals surface area contributed by atoms with Crippen molar-refractivity contribution in [1.29, 1.82) is 0 Å². The lowest BCUT2D eigenvalue weighted by atomic mass is 10.1. The van der Waals surface area contributed by atoms with Crippen LogP contribution in [0.5, 0.6) is 0 Å². The number of halogens is 3. The van der Waals surface area contributed by atoms with Gasteiger partial charge in [-0.3, -0.25) is 4.79 Å². The highest BCUT2D eigenvalue weighted by Crippen LogP contribution is 2.30. The molecule has 3 aromatic heterocycles. The van der Waals surface area contributed by atoms with Gasteiger partial charge in [0.05, 0.1) is 17.3 Å². The summed E-state index contributed by atoms with van der Waals surface area (Å²) in [6, 6.07) is 5.58. The number of nitrogens with one attached hydrogen (secondary N) is 2. The smallest absolute Gasteiger partial charge is 0.258 e. The zero-order chi connectivity index (χ0) is 27.0. The van der Waals surface area contributed by atoms with Crippen LogP contribution in [-0.2, 0) is 0 Å². The standard InChI is InChI=1S/C26H27F3N8O/c1-14(2)37-15(3)32-23-18(27)11-16(12-20(23)37)22-19(28)13-31-26(35-22)34-21-6-5-17(24(29)33-21)25(38)36-9-4-7-30-8-10-36/h5-6,11-14,30H,4,7-10H2,1-3H3,(H,31,33,34,35). The van der Waals surface area contributed by atoms with Gasteiger partial charge in [0.25, 0.3) is 5.91 Å². The summed E-state index contributed by atoms with van der Waals surface area (Å²) in [5.41, 5.74) is 0.632. The van der Waals surface area contributed by atoms with E-state index in [0.717, 1.165) is 19.2 Å². The van der Waals surface area contributed by atoms with Crippen LogP contribution in [-0.4, -0.2) is 61.5 Å². The molecule has 0 radical (unpaired) electrons. The molecule has 5 rings (SSSR count). The molecule has 1 saturated heterocycles. The van der Waals surface area contributed by atoms with Crippen molar-refractivity contribution in [1.82, 2.24) is 34.7 Å². The molecule has 0 bridgehead atoms. The molecule has 1 fully saturated rings. The molecule has 0 aliphatic carbocycles. The minimum Gasteiger partial charge on any atom is -0.337 e. The van der Waals surface area contributed by atoms with E-state index in [4.69, 9.17) is 0 Å². The van der Waals surface area contributed by atoms with Crippen LogP contribution in [0.4, 0.5) is 24.9 Å². The number of fused-ring (bicyclic) bond motifs is 1. The second-order valence-electron chi connectivity index (χ2n) is 9.39. The van der Waals surface area contributed by atoms with Crippen LogP contribution in [0.3, 0.4) is 0 Å². The number of rotatable bonds is 5. The van der Waals surface area contributed by atoms with Crippen LogP contribution in [0.2, 0.25) is 0 Å². The Balaban J connectivity index is 1.43. The highest BCUT2D eigenvalue weighted by molar-refractivity contribution is 5.94. The van der Waals surface area contributed by atoms with Gasteiger partial charge in [0, 0.05) is 31.2 Å². The number of amides is 1. The predicted octanol–water partition coefficient (Wildman–Crippen LogP) is 4.37. The van der Waals surface area contributed by atoms with Gasteiger partial charge < -0.3 is 20.1 Å². The van der Waals surface area contributed by atoms with Gasteiger partial charge in [-0.25, -0.2) is 28.7 Å². The molecular weight excluding hydrogens is 497 g/mol. The largest absolute Gasteiger partial charge is 0.337 e. The number of aryl methyl sites for hydroxylation is 1. The number of pyridine rings is 1. The molecule has 9 nitrogen and oxygen atoms in total. The number of aromatic nitrogens is 5. The Bertz CT molecular complexity index is 1510. The topological polar surface area (TPSA) is 101 Å². The summed E-state index contributed by atoms with van der Waals surface area (Å²) in [5, 5.41) is 5.93. The van der Waals surface area contributed by atoms with Gasteiger partial charge in [-0.1, -0.05) is 0 Å². The van der Waals surface area contributed by atoms with Crippen molar-refractivity contribution >= 4 is 28.7 Å². The molecule has 1 aliphatic heterocycles. The molecule has 0 spiro atoms. The molecule has 4 aromatic rings. The fourth-order valence-corrected chi connectivity index (χ4v) is 4.68. The zero-order valence-electron chi connectivity index (χ0n) is 21.2. The maximum absolute atomic E-state index is 14.9. The normalized spacial score (nSPS) is 14.2. The molecule has 4 heterocycles. The van der Waals surface area contributed by atoms with Gasteiger partial charge in [0.2, 0.25) is 11.9 Å². The number of carbonyl (C=O) groups excluding carboxylic acids is 1. The Morgan fingerprint density at radius 1 is 1.05 bits per heavy atom. The maximum Gasteiger partial charge on any atom is 0.258 e. The SMILES string of the molecule is Cc1nc2c(F)cc(-c3nc(Nc4ccc(C(=O)N5CCCNCC5)c(F)n4)ncc3F)cc2n1C(C)C. The van der Waals surface area contributed by atoms with Gasteiger partial charge in [0.15, 0.2) is 11.6 Å². The molecule has 12 heteroatoms. The molecule has 1 aliphatic rings. The quantitative estimate of drug-likeness (QED) is 0.374. The van der Waals surface area contributed by atoms with E-state index in [1.54, 1.807) is 17.9 Å². The lowest BCUT2D eigenvalue weighted by Gasteiger charge is -2.20. The van der Waals surface area contributed by atoms with Gasteiger partial charge >= 0.3 is 0 Å². The Kier molecular flexibility index (Phi) is 6.98. The Hall–Kier alpha value is -4.06. The minimum absolute atomic E-state index is 0.00831. The Morgan fingerprint density at radius 3 is 2.63 bits per heavy atom. The first-order valence-corrected chi connectivity index (χ1v) is 12.4. The van der Waals surface area contributed by atoms with Gasteiger partial charge in [0.1, 0.15) is 22.9 Å². The third kappa shape index (κ3) is 4.91. The molecule has 198 valence electrons. The fourth-order valence-electron chi connectivity index (χ4n) is 4.68. The summed E-state index contributed by atoms with van der Waals surface area (Å²) in [5.74, 6) is -2.13. The van der Waals surface area contributed by atoms with E-state index in [1.807, 2.05) is 18.4 Å². The van der Waals surface area contributed by atoms with E-state index in [-0.39, 0.29) is 40.1 Å². The van der Waals surface area contributed by atoms with Crippen molar-refractivity contribution in [3.63, 3.8) is 0 Å². The molecular formula is C26H27F3N8O. The van der Waals surface area contributed by atoms with E-state index in [1.165, 1.54) is 18.2 Å².